The Morgan fingerprint density at radius 1 is 0.676 bits per heavy atom. The summed E-state index contributed by atoms with van der Waals surface area (Å²) in [4.78, 5) is 69.9. The van der Waals surface area contributed by atoms with Gasteiger partial charge in [-0.15, -0.1) is 0 Å². The second-order valence-electron chi connectivity index (χ2n) is 7.35. The van der Waals surface area contributed by atoms with Gasteiger partial charge in [0.1, 0.15) is 0 Å². The summed E-state index contributed by atoms with van der Waals surface area (Å²) in [6.45, 7) is -1.57. The summed E-state index contributed by atoms with van der Waals surface area (Å²) >= 11 is 0. The molecule has 0 aliphatic carbocycles. The van der Waals surface area contributed by atoms with E-state index in [2.05, 4.69) is 0 Å². The smallest absolute Gasteiger partial charge is 0.340 e. The molecule has 0 atom stereocenters. The summed E-state index contributed by atoms with van der Waals surface area (Å²) in [7, 11) is 0. The molecule has 0 radical (unpaired) electrons. The number of hydrogen-bond acceptors (Lipinski definition) is 11. The number of nitrogens with zero attached hydrogens (tertiary/aromatic N) is 2. The molecule has 0 saturated heterocycles. The number of esters is 2. The summed E-state index contributed by atoms with van der Waals surface area (Å²) in [5, 5.41) is 22.1. The summed E-state index contributed by atoms with van der Waals surface area (Å²) in [5.41, 5.74) is 3.96. The zero-order valence-corrected chi connectivity index (χ0v) is 18.8. The van der Waals surface area contributed by atoms with Crippen molar-refractivity contribution in [2.45, 2.75) is 0 Å². The van der Waals surface area contributed by atoms with Crippen LogP contribution in [0.1, 0.15) is 41.4 Å². The van der Waals surface area contributed by atoms with Crippen LogP contribution in [0.4, 0.5) is 17.1 Å². The lowest BCUT2D eigenvalue weighted by Crippen LogP contribution is -2.17. The number of nitrogens with two attached hydrogens (primary N) is 1. The van der Waals surface area contributed by atoms with Gasteiger partial charge in [0.25, 0.3) is 11.4 Å². The Labute approximate surface area is 207 Å². The summed E-state index contributed by atoms with van der Waals surface area (Å²) in [6, 6.07) is 13.7. The Kier molecular flexibility index (Phi) is 7.99. The molecular formula is C24H17N3O10. The van der Waals surface area contributed by atoms with Crippen LogP contribution in [-0.4, -0.2) is 46.6 Å². The van der Waals surface area contributed by atoms with E-state index in [1.54, 1.807) is 0 Å². The molecule has 0 heterocycles. The number of nitro benzene ring substituents is 2. The first kappa shape index (κ1) is 26.2. The Hall–Kier alpha value is -5.46. The van der Waals surface area contributed by atoms with E-state index < -0.39 is 57.9 Å². The number of carbonyl (C=O) groups excluding carboxylic acids is 4. The van der Waals surface area contributed by atoms with Crippen LogP contribution in [0.3, 0.4) is 0 Å². The van der Waals surface area contributed by atoms with E-state index in [1.165, 1.54) is 36.4 Å². The van der Waals surface area contributed by atoms with E-state index in [0.29, 0.717) is 0 Å². The third kappa shape index (κ3) is 6.16. The number of nitrogen functional groups attached to an aromatic ring is 1. The summed E-state index contributed by atoms with van der Waals surface area (Å²) in [6.07, 6.45) is 0. The molecular weight excluding hydrogens is 490 g/mol. The van der Waals surface area contributed by atoms with Gasteiger partial charge in [0.05, 0.1) is 32.1 Å². The maximum atomic E-state index is 12.4. The second-order valence-corrected chi connectivity index (χ2v) is 7.35. The van der Waals surface area contributed by atoms with E-state index in [9.17, 15) is 39.4 Å². The molecule has 188 valence electrons. The minimum absolute atomic E-state index is 0.125. The number of Topliss-reactive ketones (excluding diaryl/α,β-unsaturated/α-hetero) is 2. The molecule has 0 amide bonds. The van der Waals surface area contributed by atoms with Crippen LogP contribution in [-0.2, 0) is 9.47 Å². The van der Waals surface area contributed by atoms with Crippen LogP contribution in [0.15, 0.2) is 66.7 Å². The van der Waals surface area contributed by atoms with E-state index >= 15 is 0 Å². The molecule has 0 aliphatic heterocycles. The van der Waals surface area contributed by atoms with Crippen molar-refractivity contribution in [3.63, 3.8) is 0 Å². The first-order chi connectivity index (χ1) is 17.6. The largest absolute Gasteiger partial charge is 0.454 e. The lowest BCUT2D eigenvalue weighted by Gasteiger charge is -2.09. The molecule has 3 aromatic carbocycles. The highest BCUT2D eigenvalue weighted by Crippen LogP contribution is 2.21. The summed E-state index contributed by atoms with van der Waals surface area (Å²) in [5.74, 6) is -3.60. The minimum atomic E-state index is -1.02. The second kappa shape index (κ2) is 11.3. The molecule has 13 heteroatoms. The molecule has 0 aromatic heterocycles. The first-order valence-electron chi connectivity index (χ1n) is 10.4. The van der Waals surface area contributed by atoms with Gasteiger partial charge in [-0.25, -0.2) is 9.59 Å². The highest BCUT2D eigenvalue weighted by molar-refractivity contribution is 6.04. The highest BCUT2D eigenvalue weighted by Gasteiger charge is 2.23. The monoisotopic (exact) mass is 507 g/mol. The molecule has 37 heavy (non-hydrogen) atoms. The predicted molar refractivity (Wildman–Crippen MR) is 126 cm³/mol. The average Bonchev–Trinajstić information content (AvgIpc) is 2.89. The van der Waals surface area contributed by atoms with Gasteiger partial charge in [0, 0.05) is 17.8 Å². The Balaban J connectivity index is 1.62. The van der Waals surface area contributed by atoms with Gasteiger partial charge < -0.3 is 15.2 Å². The molecule has 0 saturated carbocycles. The molecule has 3 rings (SSSR count). The van der Waals surface area contributed by atoms with Crippen molar-refractivity contribution in [1.82, 2.24) is 0 Å². The van der Waals surface area contributed by atoms with Gasteiger partial charge in [0.15, 0.2) is 13.2 Å². The van der Waals surface area contributed by atoms with Gasteiger partial charge in [-0.2, -0.15) is 0 Å². The van der Waals surface area contributed by atoms with Crippen molar-refractivity contribution in [1.29, 1.82) is 0 Å². The van der Waals surface area contributed by atoms with Crippen molar-refractivity contribution in [3.05, 3.63) is 109 Å². The lowest BCUT2D eigenvalue weighted by molar-refractivity contribution is -0.385. The number of carbonyl (C=O) groups is 4. The molecule has 2 N–H and O–H groups in total. The molecule has 0 bridgehead atoms. The summed E-state index contributed by atoms with van der Waals surface area (Å²) < 4.78 is 9.82. The lowest BCUT2D eigenvalue weighted by atomic mass is 10.1. The SMILES string of the molecule is Nc1cc(C(=O)OCC(=O)c2ccccc2[N+](=O)[O-])ccc1C(=O)OCC(=O)c1ccccc1[N+](=O)[O-]. The number of hydrogen-bond donors (Lipinski definition) is 1. The normalized spacial score (nSPS) is 10.3. The maximum absolute atomic E-state index is 12.4. The molecule has 0 aliphatic rings. The van der Waals surface area contributed by atoms with Crippen LogP contribution in [0.2, 0.25) is 0 Å². The van der Waals surface area contributed by atoms with Crippen molar-refractivity contribution < 1.29 is 38.5 Å². The fourth-order valence-electron chi connectivity index (χ4n) is 3.19. The fourth-order valence-corrected chi connectivity index (χ4v) is 3.19. The van der Waals surface area contributed by atoms with Crippen LogP contribution in [0.25, 0.3) is 0 Å². The third-order valence-corrected chi connectivity index (χ3v) is 4.98. The third-order valence-electron chi connectivity index (χ3n) is 4.98. The van der Waals surface area contributed by atoms with Gasteiger partial charge >= 0.3 is 11.9 Å². The Morgan fingerprint density at radius 2 is 1.14 bits per heavy atom. The zero-order chi connectivity index (χ0) is 27.1. The van der Waals surface area contributed by atoms with Gasteiger partial charge in [0.2, 0.25) is 11.6 Å². The van der Waals surface area contributed by atoms with Gasteiger partial charge in [-0.3, -0.25) is 29.8 Å². The van der Waals surface area contributed by atoms with Crippen molar-refractivity contribution in [2.75, 3.05) is 18.9 Å². The van der Waals surface area contributed by atoms with Crippen LogP contribution in [0, 0.1) is 20.2 Å². The van der Waals surface area contributed by atoms with Crippen molar-refractivity contribution in [2.24, 2.45) is 0 Å². The number of ketones is 2. The topological polar surface area (TPSA) is 199 Å². The molecule has 0 fully saturated rings. The number of para-hydroxylation sites is 2. The Bertz CT molecular complexity index is 1430. The number of benzene rings is 3. The van der Waals surface area contributed by atoms with Crippen molar-refractivity contribution in [3.8, 4) is 0 Å². The Morgan fingerprint density at radius 3 is 1.59 bits per heavy atom. The molecule has 13 nitrogen and oxygen atoms in total. The molecule has 0 unspecified atom stereocenters. The van der Waals surface area contributed by atoms with Gasteiger partial charge in [-0.05, 0) is 30.3 Å². The van der Waals surface area contributed by atoms with Crippen LogP contribution >= 0.6 is 0 Å². The van der Waals surface area contributed by atoms with Crippen molar-refractivity contribution >= 4 is 40.6 Å². The number of anilines is 1. The first-order valence-corrected chi connectivity index (χ1v) is 10.4. The average molecular weight is 507 g/mol. The molecule has 3 aromatic rings. The van der Waals surface area contributed by atoms with E-state index in [-0.39, 0.29) is 27.9 Å². The fraction of sp³-hybridized carbons (Fsp3) is 0.0833. The van der Waals surface area contributed by atoms with Gasteiger partial charge in [-0.1, -0.05) is 24.3 Å². The van der Waals surface area contributed by atoms with E-state index in [0.717, 1.165) is 30.3 Å². The number of nitro groups is 2. The minimum Gasteiger partial charge on any atom is -0.454 e. The predicted octanol–water partition coefficient (Wildman–Crippen LogP) is 3.16. The highest BCUT2D eigenvalue weighted by atomic mass is 16.6. The standard InChI is InChI=1S/C24H17N3O10/c25-18-11-14(23(30)36-12-21(28)16-5-1-3-7-19(16)26(32)33)9-10-15(18)24(31)37-13-22(29)17-6-2-4-8-20(17)27(34)35/h1-11H,12-13,25H2. The zero-order valence-electron chi connectivity index (χ0n) is 18.8. The van der Waals surface area contributed by atoms with Crippen LogP contribution < -0.4 is 5.73 Å². The maximum Gasteiger partial charge on any atom is 0.340 e. The van der Waals surface area contributed by atoms with E-state index in [4.69, 9.17) is 15.2 Å². The number of ether oxygens (including phenoxy) is 2. The van der Waals surface area contributed by atoms with E-state index in [1.807, 2.05) is 0 Å². The number of rotatable bonds is 10. The van der Waals surface area contributed by atoms with Crippen LogP contribution in [0.5, 0.6) is 0 Å². The quantitative estimate of drug-likeness (QED) is 0.139. The molecule has 0 spiro atoms.